The van der Waals surface area contributed by atoms with Crippen molar-refractivity contribution in [3.05, 3.63) is 52.6 Å². The molecule has 2 aromatic rings. The summed E-state index contributed by atoms with van der Waals surface area (Å²) in [6.07, 6.45) is 7.00. The molecule has 0 N–H and O–H groups in total. The maximum absolute atomic E-state index is 13.6. The van der Waals surface area contributed by atoms with E-state index in [4.69, 9.17) is 23.7 Å². The Bertz CT molecular complexity index is 1250. The van der Waals surface area contributed by atoms with E-state index in [1.54, 1.807) is 38.5 Å². The van der Waals surface area contributed by atoms with Crippen molar-refractivity contribution in [2.45, 2.75) is 63.9 Å². The summed E-state index contributed by atoms with van der Waals surface area (Å²) in [7, 11) is 4.61. The van der Waals surface area contributed by atoms with E-state index in [1.165, 1.54) is 7.11 Å². The predicted octanol–water partition coefficient (Wildman–Crippen LogP) is 5.64. The van der Waals surface area contributed by atoms with Crippen LogP contribution in [0.15, 0.2) is 30.3 Å². The molecule has 0 saturated heterocycles. The third-order valence-electron chi connectivity index (χ3n) is 6.98. The minimum atomic E-state index is -0.530. The zero-order valence-corrected chi connectivity index (χ0v) is 22.3. The molecule has 2 atom stereocenters. The van der Waals surface area contributed by atoms with Crippen LogP contribution in [0.1, 0.15) is 84.8 Å². The van der Waals surface area contributed by atoms with Gasteiger partial charge in [-0.2, -0.15) is 0 Å². The van der Waals surface area contributed by atoms with Crippen LogP contribution in [0.2, 0.25) is 0 Å². The molecule has 0 unspecified atom stereocenters. The number of benzene rings is 2. The summed E-state index contributed by atoms with van der Waals surface area (Å²) in [5.41, 5.74) is 2.13. The largest absolute Gasteiger partial charge is 0.497 e. The molecular formula is C30H34O8. The van der Waals surface area contributed by atoms with Gasteiger partial charge in [0.1, 0.15) is 34.3 Å². The van der Waals surface area contributed by atoms with Crippen LogP contribution in [0.4, 0.5) is 0 Å². The zero-order valence-electron chi connectivity index (χ0n) is 22.3. The number of fused-ring (bicyclic) bond motifs is 2. The molecule has 0 aliphatic carbocycles. The first-order chi connectivity index (χ1) is 18.4. The molecule has 202 valence electrons. The maximum atomic E-state index is 13.6. The van der Waals surface area contributed by atoms with E-state index >= 15 is 0 Å². The van der Waals surface area contributed by atoms with Gasteiger partial charge in [-0.15, -0.1) is 0 Å². The number of methoxy groups -OCH3 is 3. The van der Waals surface area contributed by atoms with E-state index in [2.05, 4.69) is 0 Å². The number of hydrogen-bond donors (Lipinski definition) is 0. The number of hydrogen-bond acceptors (Lipinski definition) is 8. The Morgan fingerprint density at radius 3 is 2.47 bits per heavy atom. The normalized spacial score (nSPS) is 20.4. The smallest absolute Gasteiger partial charge is 0.342 e. The first kappa shape index (κ1) is 27.2. The predicted molar refractivity (Wildman–Crippen MR) is 141 cm³/mol. The van der Waals surface area contributed by atoms with Crippen LogP contribution in [0.25, 0.3) is 6.08 Å². The molecule has 38 heavy (non-hydrogen) atoms. The Balaban J connectivity index is 1.88. The van der Waals surface area contributed by atoms with Gasteiger partial charge in [0.05, 0.1) is 33.9 Å². The van der Waals surface area contributed by atoms with Crippen molar-refractivity contribution in [3.63, 3.8) is 0 Å². The van der Waals surface area contributed by atoms with Crippen LogP contribution in [0.3, 0.4) is 0 Å². The van der Waals surface area contributed by atoms with E-state index in [-0.39, 0.29) is 23.9 Å². The Kier molecular flexibility index (Phi) is 8.71. The summed E-state index contributed by atoms with van der Waals surface area (Å²) in [5, 5.41) is 0. The molecule has 8 heteroatoms. The number of allylic oxidation sites excluding steroid dienone is 1. The summed E-state index contributed by atoms with van der Waals surface area (Å²) < 4.78 is 28.3. The van der Waals surface area contributed by atoms with Crippen molar-refractivity contribution < 1.29 is 38.1 Å². The van der Waals surface area contributed by atoms with Gasteiger partial charge in [-0.1, -0.05) is 18.2 Å². The molecule has 2 aliphatic rings. The highest BCUT2D eigenvalue weighted by molar-refractivity contribution is 5.99. The Morgan fingerprint density at radius 1 is 0.947 bits per heavy atom. The number of carbonyl (C=O) groups excluding carboxylic acids is 3. The molecule has 0 saturated carbocycles. The van der Waals surface area contributed by atoms with Gasteiger partial charge in [0, 0.05) is 36.0 Å². The second-order valence-electron chi connectivity index (χ2n) is 9.57. The van der Waals surface area contributed by atoms with E-state index in [0.29, 0.717) is 66.2 Å². The second kappa shape index (κ2) is 12.2. The summed E-state index contributed by atoms with van der Waals surface area (Å²) >= 11 is 0. The van der Waals surface area contributed by atoms with Gasteiger partial charge in [-0.25, -0.2) is 4.79 Å². The molecule has 0 amide bonds. The number of ether oxygens (including phenoxy) is 5. The average molecular weight is 523 g/mol. The summed E-state index contributed by atoms with van der Waals surface area (Å²) in [5.74, 6) is 0.586. The Hall–Kier alpha value is -3.81. The quantitative estimate of drug-likeness (QED) is 0.376. The van der Waals surface area contributed by atoms with Gasteiger partial charge in [0.15, 0.2) is 0 Å². The van der Waals surface area contributed by atoms with Crippen LogP contribution in [0, 0.1) is 0 Å². The summed E-state index contributed by atoms with van der Waals surface area (Å²) in [6.45, 7) is 1.82. The molecule has 2 aliphatic heterocycles. The molecule has 4 rings (SSSR count). The van der Waals surface area contributed by atoms with Crippen molar-refractivity contribution in [3.8, 4) is 23.0 Å². The van der Waals surface area contributed by atoms with E-state index < -0.39 is 17.9 Å². The first-order valence-corrected chi connectivity index (χ1v) is 12.9. The first-order valence-electron chi connectivity index (χ1n) is 12.9. The molecule has 0 spiro atoms. The van der Waals surface area contributed by atoms with Crippen molar-refractivity contribution in [1.82, 2.24) is 0 Å². The van der Waals surface area contributed by atoms with Crippen LogP contribution in [0.5, 0.6) is 23.0 Å². The fraction of sp³-hybridized carbons (Fsp3) is 0.433. The lowest BCUT2D eigenvalue weighted by Gasteiger charge is -2.29. The average Bonchev–Trinajstić information content (AvgIpc) is 2.90. The van der Waals surface area contributed by atoms with Gasteiger partial charge in [0.25, 0.3) is 0 Å². The molecule has 0 aromatic heterocycles. The minimum absolute atomic E-state index is 0.0418. The van der Waals surface area contributed by atoms with Crippen LogP contribution in [-0.2, 0) is 14.3 Å². The van der Waals surface area contributed by atoms with Gasteiger partial charge >= 0.3 is 11.9 Å². The molecule has 2 aromatic carbocycles. The third kappa shape index (κ3) is 5.85. The van der Waals surface area contributed by atoms with Gasteiger partial charge in [-0.3, -0.25) is 9.59 Å². The Morgan fingerprint density at radius 2 is 1.74 bits per heavy atom. The molecular weight excluding hydrogens is 488 g/mol. The van der Waals surface area contributed by atoms with Crippen molar-refractivity contribution in [2.75, 3.05) is 21.3 Å². The lowest BCUT2D eigenvalue weighted by atomic mass is 9.83. The summed E-state index contributed by atoms with van der Waals surface area (Å²) in [4.78, 5) is 38.4. The SMILES string of the molecule is COc1ccc([C@H]2CC(=O)Oc3cc4c(c(OC)c32)C(=O)O[C@H](C)CCCC(=O)CCCC=C4)c(OC)c1. The topological polar surface area (TPSA) is 97.4 Å². The second-order valence-corrected chi connectivity index (χ2v) is 9.57. The molecule has 0 radical (unpaired) electrons. The number of ketones is 1. The highest BCUT2D eigenvalue weighted by Crippen LogP contribution is 2.49. The fourth-order valence-electron chi connectivity index (χ4n) is 5.08. The summed E-state index contributed by atoms with van der Waals surface area (Å²) in [6, 6.07) is 7.08. The van der Waals surface area contributed by atoms with E-state index in [0.717, 1.165) is 12.0 Å². The maximum Gasteiger partial charge on any atom is 0.342 e. The number of rotatable bonds is 4. The van der Waals surface area contributed by atoms with Crippen LogP contribution < -0.4 is 18.9 Å². The molecule has 0 bridgehead atoms. The fourth-order valence-corrected chi connectivity index (χ4v) is 5.08. The number of cyclic esters (lactones) is 1. The standard InChI is InChI=1S/C30H34O8/c1-18-9-8-12-20(31)11-7-5-6-10-19-15-25-28(29(36-4)27(19)30(33)37-18)23(17-26(32)38-25)22-14-13-21(34-2)16-24(22)35-3/h6,10,13-16,18,23H,5,7-9,11-12,17H2,1-4H3/t18-,23-/m1/s1. The molecule has 0 fully saturated rings. The molecule has 8 nitrogen and oxygen atoms in total. The zero-order chi connectivity index (χ0) is 27.2. The Labute approximate surface area is 222 Å². The highest BCUT2D eigenvalue weighted by atomic mass is 16.5. The van der Waals surface area contributed by atoms with Crippen molar-refractivity contribution in [2.24, 2.45) is 0 Å². The highest BCUT2D eigenvalue weighted by Gasteiger charge is 2.37. The van der Waals surface area contributed by atoms with Crippen LogP contribution >= 0.6 is 0 Å². The van der Waals surface area contributed by atoms with Crippen LogP contribution in [-0.4, -0.2) is 45.2 Å². The van der Waals surface area contributed by atoms with Crippen molar-refractivity contribution in [1.29, 1.82) is 0 Å². The van der Waals surface area contributed by atoms with Gasteiger partial charge < -0.3 is 23.7 Å². The van der Waals surface area contributed by atoms with Crippen molar-refractivity contribution >= 4 is 23.8 Å². The lowest BCUT2D eigenvalue weighted by Crippen LogP contribution is -2.24. The number of Topliss-reactive ketones (excluding diaryl/α,β-unsaturated/α-hetero) is 1. The molecule has 2 heterocycles. The number of esters is 2. The number of carbonyl (C=O) groups is 3. The van der Waals surface area contributed by atoms with Gasteiger partial charge in [0.2, 0.25) is 0 Å². The third-order valence-corrected chi connectivity index (χ3v) is 6.98. The minimum Gasteiger partial charge on any atom is -0.497 e. The van der Waals surface area contributed by atoms with E-state index in [1.807, 2.05) is 19.1 Å². The van der Waals surface area contributed by atoms with Gasteiger partial charge in [-0.05, 0) is 50.3 Å². The lowest BCUT2D eigenvalue weighted by molar-refractivity contribution is -0.135. The van der Waals surface area contributed by atoms with E-state index in [9.17, 15) is 14.4 Å². The monoisotopic (exact) mass is 522 g/mol.